The molecule has 6 aliphatic rings. The van der Waals surface area contributed by atoms with E-state index >= 15 is 0 Å². The van der Waals surface area contributed by atoms with Gasteiger partial charge in [0.1, 0.15) is 6.61 Å². The van der Waals surface area contributed by atoms with Gasteiger partial charge in [0.15, 0.2) is 11.5 Å². The number of aliphatic hydroxyl groups is 2. The molecule has 4 aliphatic carbocycles. The predicted octanol–water partition coefficient (Wildman–Crippen LogP) is 4.90. The average Bonchev–Trinajstić information content (AvgIpc) is 3.41. The van der Waals surface area contributed by atoms with E-state index in [4.69, 9.17) is 9.47 Å². The Hall–Kier alpha value is -2.32. The van der Waals surface area contributed by atoms with E-state index in [1.165, 1.54) is 25.7 Å². The first-order chi connectivity index (χ1) is 21.6. The minimum Gasteiger partial charge on any atom is -0.485 e. The van der Waals surface area contributed by atoms with Crippen LogP contribution in [0.25, 0.3) is 0 Å². The SMILES string of the molecule is C[C@@H](CCC(=O)N1CCN(C(=O)C2COc3ccccc3O2)CC1)[C@@H]1CC[C@@H]2[C@H]3[C@H](O)C[C@H]4C[C@@H](O)CC[C@@]4(C)[C@@H]3CC[C@]21C. The lowest BCUT2D eigenvalue weighted by molar-refractivity contribution is -0.174. The van der Waals surface area contributed by atoms with E-state index in [-0.39, 0.29) is 41.5 Å². The maximum Gasteiger partial charge on any atom is 0.267 e. The molecule has 248 valence electrons. The molecule has 0 spiro atoms. The molecule has 0 aromatic heterocycles. The van der Waals surface area contributed by atoms with Crippen molar-refractivity contribution in [3.8, 4) is 11.5 Å². The van der Waals surface area contributed by atoms with E-state index < -0.39 is 6.10 Å². The number of rotatable bonds is 5. The van der Waals surface area contributed by atoms with E-state index in [9.17, 15) is 19.8 Å². The van der Waals surface area contributed by atoms with Gasteiger partial charge >= 0.3 is 0 Å². The zero-order valence-electron chi connectivity index (χ0n) is 27.5. The number of fused-ring (bicyclic) bond motifs is 6. The van der Waals surface area contributed by atoms with Gasteiger partial charge in [-0.15, -0.1) is 0 Å². The number of carbonyl (C=O) groups excluding carboxylic acids is 2. The molecule has 0 bridgehead atoms. The summed E-state index contributed by atoms with van der Waals surface area (Å²) in [7, 11) is 0. The molecule has 7 rings (SSSR count). The highest BCUT2D eigenvalue weighted by Gasteiger charge is 2.62. The second-order valence-electron chi connectivity index (χ2n) is 16.0. The number of nitrogens with zero attached hydrogens (tertiary/aromatic N) is 2. The molecule has 2 N–H and O–H groups in total. The fourth-order valence-corrected chi connectivity index (χ4v) is 11.4. The number of aliphatic hydroxyl groups excluding tert-OH is 2. The summed E-state index contributed by atoms with van der Waals surface area (Å²) in [6.45, 7) is 9.71. The van der Waals surface area contributed by atoms with Crippen molar-refractivity contribution in [1.82, 2.24) is 9.80 Å². The third-order valence-corrected chi connectivity index (χ3v) is 14.0. The van der Waals surface area contributed by atoms with Crippen LogP contribution in [-0.2, 0) is 9.59 Å². The zero-order valence-corrected chi connectivity index (χ0v) is 27.5. The first-order valence-corrected chi connectivity index (χ1v) is 17.9. The molecule has 1 saturated heterocycles. The Kier molecular flexibility index (Phi) is 8.37. The first kappa shape index (κ1) is 31.3. The summed E-state index contributed by atoms with van der Waals surface area (Å²) in [4.78, 5) is 30.2. The summed E-state index contributed by atoms with van der Waals surface area (Å²) in [6.07, 6.45) is 8.86. The number of carbonyl (C=O) groups is 2. The number of para-hydroxylation sites is 2. The van der Waals surface area contributed by atoms with Crippen molar-refractivity contribution in [2.45, 2.75) is 103 Å². The van der Waals surface area contributed by atoms with Crippen molar-refractivity contribution in [2.24, 2.45) is 46.3 Å². The molecule has 2 amide bonds. The summed E-state index contributed by atoms with van der Waals surface area (Å²) >= 11 is 0. The lowest BCUT2D eigenvalue weighted by atomic mass is 9.43. The molecule has 0 radical (unpaired) electrons. The normalized spacial score (nSPS) is 41.4. The highest BCUT2D eigenvalue weighted by molar-refractivity contribution is 5.82. The minimum atomic E-state index is -0.649. The number of amides is 2. The van der Waals surface area contributed by atoms with Crippen molar-refractivity contribution in [3.05, 3.63) is 24.3 Å². The van der Waals surface area contributed by atoms with E-state index in [1.807, 2.05) is 34.1 Å². The number of ether oxygens (including phenoxy) is 2. The molecule has 8 nitrogen and oxygen atoms in total. The monoisotopic (exact) mass is 622 g/mol. The van der Waals surface area contributed by atoms with E-state index in [1.54, 1.807) is 0 Å². The molecule has 5 fully saturated rings. The van der Waals surface area contributed by atoms with Crippen LogP contribution in [0.4, 0.5) is 0 Å². The molecule has 1 aromatic carbocycles. The quantitative estimate of drug-likeness (QED) is 0.485. The fourth-order valence-electron chi connectivity index (χ4n) is 11.4. The Morgan fingerprint density at radius 1 is 0.911 bits per heavy atom. The van der Waals surface area contributed by atoms with Crippen LogP contribution >= 0.6 is 0 Å². The van der Waals surface area contributed by atoms with Crippen molar-refractivity contribution in [3.63, 3.8) is 0 Å². The summed E-state index contributed by atoms with van der Waals surface area (Å²) in [5, 5.41) is 21.9. The van der Waals surface area contributed by atoms with Gasteiger partial charge in [0, 0.05) is 32.6 Å². The van der Waals surface area contributed by atoms with Gasteiger partial charge in [-0.1, -0.05) is 32.9 Å². The highest BCUT2D eigenvalue weighted by Crippen LogP contribution is 2.68. The second-order valence-corrected chi connectivity index (χ2v) is 16.0. The second kappa shape index (κ2) is 12.0. The van der Waals surface area contributed by atoms with Crippen LogP contribution in [0.15, 0.2) is 24.3 Å². The van der Waals surface area contributed by atoms with Crippen molar-refractivity contribution in [1.29, 1.82) is 0 Å². The van der Waals surface area contributed by atoms with E-state index in [0.717, 1.165) is 32.1 Å². The number of hydrogen-bond donors (Lipinski definition) is 2. The molecule has 45 heavy (non-hydrogen) atoms. The third kappa shape index (κ3) is 5.46. The van der Waals surface area contributed by atoms with E-state index in [2.05, 4.69) is 20.8 Å². The first-order valence-electron chi connectivity index (χ1n) is 17.9. The largest absolute Gasteiger partial charge is 0.485 e. The van der Waals surface area contributed by atoms with Crippen LogP contribution in [0.5, 0.6) is 11.5 Å². The summed E-state index contributed by atoms with van der Waals surface area (Å²) in [5.74, 6) is 4.37. The lowest BCUT2D eigenvalue weighted by Gasteiger charge is -2.62. The maximum absolute atomic E-state index is 13.3. The maximum atomic E-state index is 13.3. The lowest BCUT2D eigenvalue weighted by Crippen LogP contribution is -2.58. The van der Waals surface area contributed by atoms with Gasteiger partial charge in [-0.25, -0.2) is 0 Å². The van der Waals surface area contributed by atoms with Gasteiger partial charge in [0.25, 0.3) is 5.91 Å². The summed E-state index contributed by atoms with van der Waals surface area (Å²) in [5.41, 5.74) is 0.469. The van der Waals surface area contributed by atoms with Crippen molar-refractivity contribution < 1.29 is 29.3 Å². The Labute approximate surface area is 268 Å². The van der Waals surface area contributed by atoms with Crippen molar-refractivity contribution >= 4 is 11.8 Å². The standard InChI is InChI=1S/C37H54N2O6/c1-23(8-11-33(42)38-16-18-39(19-17-38)35(43)32-22-44-30-6-4-5-7-31(30)45-32)26-9-10-27-34-28(13-15-37(26,27)3)36(2)14-12-25(40)20-24(36)21-29(34)41/h4-7,23-29,32,34,40-41H,8-22H2,1-3H3/t23-,24+,25-,26-,27+,28+,29+,32?,34+,36+,37-/m0/s1. The van der Waals surface area contributed by atoms with Gasteiger partial charge in [-0.3, -0.25) is 9.59 Å². The minimum absolute atomic E-state index is 0.0716. The predicted molar refractivity (Wildman–Crippen MR) is 171 cm³/mol. The van der Waals surface area contributed by atoms with Crippen LogP contribution in [0.1, 0.15) is 85.0 Å². The molecular weight excluding hydrogens is 568 g/mol. The fraction of sp³-hybridized carbons (Fsp3) is 0.784. The molecule has 8 heteroatoms. The Morgan fingerprint density at radius 3 is 2.38 bits per heavy atom. The Morgan fingerprint density at radius 2 is 1.60 bits per heavy atom. The Bertz CT molecular complexity index is 1270. The van der Waals surface area contributed by atoms with Crippen LogP contribution in [0, 0.1) is 46.3 Å². The number of benzene rings is 1. The topological polar surface area (TPSA) is 99.5 Å². The van der Waals surface area contributed by atoms with Crippen molar-refractivity contribution in [2.75, 3.05) is 32.8 Å². The molecule has 1 unspecified atom stereocenters. The summed E-state index contributed by atoms with van der Waals surface area (Å²) < 4.78 is 11.7. The molecule has 2 aliphatic heterocycles. The van der Waals surface area contributed by atoms with Crippen LogP contribution < -0.4 is 9.47 Å². The Balaban J connectivity index is 0.909. The third-order valence-electron chi connectivity index (χ3n) is 14.0. The number of piperazine rings is 1. The van der Waals surface area contributed by atoms with Gasteiger partial charge in [0.05, 0.1) is 12.2 Å². The summed E-state index contributed by atoms with van der Waals surface area (Å²) in [6, 6.07) is 7.42. The molecule has 2 heterocycles. The van der Waals surface area contributed by atoms with Gasteiger partial charge < -0.3 is 29.5 Å². The number of hydrogen-bond acceptors (Lipinski definition) is 6. The van der Waals surface area contributed by atoms with Gasteiger partial charge in [-0.05, 0) is 116 Å². The molecule has 4 saturated carbocycles. The highest BCUT2D eigenvalue weighted by atomic mass is 16.6. The van der Waals surface area contributed by atoms with Gasteiger partial charge in [0.2, 0.25) is 12.0 Å². The van der Waals surface area contributed by atoms with Crippen LogP contribution in [-0.4, -0.2) is 82.9 Å². The average molecular weight is 623 g/mol. The smallest absolute Gasteiger partial charge is 0.267 e. The molecule has 11 atom stereocenters. The van der Waals surface area contributed by atoms with Crippen LogP contribution in [0.2, 0.25) is 0 Å². The van der Waals surface area contributed by atoms with E-state index in [0.29, 0.717) is 79.6 Å². The zero-order chi connectivity index (χ0) is 31.5. The molecule has 1 aromatic rings. The molecular formula is C37H54N2O6. The van der Waals surface area contributed by atoms with Gasteiger partial charge in [-0.2, -0.15) is 0 Å². The van der Waals surface area contributed by atoms with Crippen LogP contribution in [0.3, 0.4) is 0 Å².